The van der Waals surface area contributed by atoms with Gasteiger partial charge in [0.1, 0.15) is 28.5 Å². The predicted molar refractivity (Wildman–Crippen MR) is 145 cm³/mol. The Hall–Kier alpha value is -4.07. The third kappa shape index (κ3) is 5.35. The molecule has 2 aliphatic rings. The summed E-state index contributed by atoms with van der Waals surface area (Å²) in [6.45, 7) is -0.469. The number of oxime groups is 1. The van der Waals surface area contributed by atoms with E-state index in [2.05, 4.69) is 20.4 Å². The molecule has 5 rings (SSSR count). The van der Waals surface area contributed by atoms with Crippen LogP contribution in [0, 0.1) is 0 Å². The Morgan fingerprint density at radius 3 is 2.80 bits per heavy atom. The molecule has 0 radical (unpaired) electrons. The SMILES string of the molecule is Nc1nc(C(=NOCc2cc(=O)c(O)cn2O)C(=O)N[C@@H]2C(=O)N3C(C(=O)O)=C(Sc4nccs4)CS[C@H]23)cs1. The zero-order chi connectivity index (χ0) is 28.6. The number of aromatic hydroxyl groups is 1. The molecule has 0 aliphatic carbocycles. The number of nitrogen functional groups attached to an aromatic ring is 1. The highest BCUT2D eigenvalue weighted by molar-refractivity contribution is 8.07. The number of carboxylic acids is 1. The molecule has 3 aromatic rings. The van der Waals surface area contributed by atoms with E-state index in [4.69, 9.17) is 10.6 Å². The number of pyridine rings is 1. The number of carbonyl (C=O) groups excluding carboxylic acids is 2. The average molecular weight is 624 g/mol. The molecule has 0 saturated carbocycles. The van der Waals surface area contributed by atoms with Gasteiger partial charge in [-0.05, 0) is 0 Å². The van der Waals surface area contributed by atoms with Crippen molar-refractivity contribution in [3.8, 4) is 5.75 Å². The second kappa shape index (κ2) is 11.2. The molecule has 15 nitrogen and oxygen atoms in total. The van der Waals surface area contributed by atoms with E-state index in [0.717, 1.165) is 28.5 Å². The van der Waals surface area contributed by atoms with Gasteiger partial charge in [-0.1, -0.05) is 16.9 Å². The molecule has 208 valence electrons. The monoisotopic (exact) mass is 623 g/mol. The van der Waals surface area contributed by atoms with Crippen LogP contribution in [0.5, 0.6) is 5.75 Å². The lowest BCUT2D eigenvalue weighted by atomic mass is 10.0. The van der Waals surface area contributed by atoms with Gasteiger partial charge < -0.3 is 31.3 Å². The summed E-state index contributed by atoms with van der Waals surface area (Å²) < 4.78 is 1.10. The van der Waals surface area contributed by atoms with E-state index < -0.39 is 47.0 Å². The number of anilines is 1. The first-order valence-electron chi connectivity index (χ1n) is 11.0. The first kappa shape index (κ1) is 27.5. The summed E-state index contributed by atoms with van der Waals surface area (Å²) in [5, 5.41) is 38.1. The molecule has 40 heavy (non-hydrogen) atoms. The van der Waals surface area contributed by atoms with Gasteiger partial charge in [0.25, 0.3) is 11.8 Å². The maximum atomic E-state index is 13.2. The van der Waals surface area contributed by atoms with E-state index in [-0.39, 0.29) is 33.7 Å². The van der Waals surface area contributed by atoms with Gasteiger partial charge in [0.05, 0.1) is 6.20 Å². The number of aromatic nitrogens is 3. The molecule has 2 atom stereocenters. The third-order valence-corrected chi connectivity index (χ3v) is 9.58. The molecule has 19 heteroatoms. The number of β-lactam (4-membered cyclic amide) rings is 1. The standard InChI is InChI=1S/C21H17N7O8S4/c22-20-24-9(6-39-20)13(26-36-5-8-3-10(29)11(30)4-27(8)35)16(31)25-14-17(32)28-15(19(33)34)12(7-38-18(14)28)40-21-23-1-2-37-21/h1-4,6,14,18,30,35H,5,7H2,(H2,22,24)(H,25,31)(H,33,34)/t14-,18-/m1/s1. The minimum absolute atomic E-state index is 0.0419. The highest BCUT2D eigenvalue weighted by atomic mass is 32.2. The number of carboxylic acid groups (broad SMARTS) is 1. The molecule has 0 spiro atoms. The van der Waals surface area contributed by atoms with Crippen molar-refractivity contribution >= 4 is 74.8 Å². The van der Waals surface area contributed by atoms with E-state index in [1.807, 2.05) is 0 Å². The topological polar surface area (TPSA) is 223 Å². The number of amides is 2. The predicted octanol–water partition coefficient (Wildman–Crippen LogP) is 0.696. The Balaban J connectivity index is 1.33. The Morgan fingerprint density at radius 1 is 1.32 bits per heavy atom. The molecule has 0 aromatic carbocycles. The summed E-state index contributed by atoms with van der Waals surface area (Å²) >= 11 is 4.84. The smallest absolute Gasteiger partial charge is 0.353 e. The van der Waals surface area contributed by atoms with Gasteiger partial charge in [-0.15, -0.1) is 34.4 Å². The number of carbonyl (C=O) groups is 3. The molecule has 0 bridgehead atoms. The van der Waals surface area contributed by atoms with E-state index >= 15 is 0 Å². The zero-order valence-electron chi connectivity index (χ0n) is 19.8. The van der Waals surface area contributed by atoms with Crippen molar-refractivity contribution in [2.24, 2.45) is 5.16 Å². The lowest BCUT2D eigenvalue weighted by Crippen LogP contribution is -2.71. The zero-order valence-corrected chi connectivity index (χ0v) is 23.1. The maximum absolute atomic E-state index is 13.2. The fraction of sp³-hybridized carbons (Fsp3) is 0.190. The second-order valence-electron chi connectivity index (χ2n) is 7.98. The molecule has 2 amide bonds. The van der Waals surface area contributed by atoms with Crippen molar-refractivity contribution in [1.29, 1.82) is 0 Å². The van der Waals surface area contributed by atoms with Crippen LogP contribution in [0.25, 0.3) is 0 Å². The molecule has 1 saturated heterocycles. The summed E-state index contributed by atoms with van der Waals surface area (Å²) in [5.74, 6) is -3.13. The van der Waals surface area contributed by atoms with Crippen LogP contribution in [0.15, 0.2) is 54.1 Å². The van der Waals surface area contributed by atoms with Crippen LogP contribution in [0.2, 0.25) is 0 Å². The average Bonchev–Trinajstić information content (AvgIpc) is 3.59. The molecular weight excluding hydrogens is 607 g/mol. The van der Waals surface area contributed by atoms with Crippen LogP contribution in [-0.4, -0.2) is 75.7 Å². The van der Waals surface area contributed by atoms with Gasteiger partial charge >= 0.3 is 5.97 Å². The largest absolute Gasteiger partial charge is 0.503 e. The summed E-state index contributed by atoms with van der Waals surface area (Å²) in [4.78, 5) is 64.9. The number of rotatable bonds is 9. The minimum atomic E-state index is -1.27. The summed E-state index contributed by atoms with van der Waals surface area (Å²) in [7, 11) is 0. The van der Waals surface area contributed by atoms with E-state index in [9.17, 15) is 34.6 Å². The molecule has 3 aromatic heterocycles. The Bertz CT molecular complexity index is 1620. The number of thioether (sulfide) groups is 2. The van der Waals surface area contributed by atoms with Crippen molar-refractivity contribution in [2.75, 3.05) is 11.5 Å². The number of hydrogen-bond donors (Lipinski definition) is 5. The van der Waals surface area contributed by atoms with E-state index in [0.29, 0.717) is 14.0 Å². The van der Waals surface area contributed by atoms with Crippen LogP contribution in [0.4, 0.5) is 5.13 Å². The fourth-order valence-corrected chi connectivity index (χ4v) is 7.48. The highest BCUT2D eigenvalue weighted by Crippen LogP contribution is 2.45. The number of hydrogen-bond acceptors (Lipinski definition) is 15. The third-order valence-electron chi connectivity index (χ3n) is 5.48. The highest BCUT2D eigenvalue weighted by Gasteiger charge is 2.54. The van der Waals surface area contributed by atoms with Crippen LogP contribution >= 0.6 is 46.2 Å². The van der Waals surface area contributed by atoms with Gasteiger partial charge in [0.15, 0.2) is 27.5 Å². The lowest BCUT2D eigenvalue weighted by molar-refractivity contribution is -0.150. The van der Waals surface area contributed by atoms with Gasteiger partial charge in [0, 0.05) is 33.7 Å². The van der Waals surface area contributed by atoms with Crippen molar-refractivity contribution in [3.05, 3.63) is 61.4 Å². The number of thiazole rings is 2. The first-order valence-corrected chi connectivity index (χ1v) is 14.6. The van der Waals surface area contributed by atoms with Crippen molar-refractivity contribution in [1.82, 2.24) is 24.9 Å². The Kier molecular flexibility index (Phi) is 7.70. The Morgan fingerprint density at radius 2 is 2.12 bits per heavy atom. The molecule has 0 unspecified atom stereocenters. The van der Waals surface area contributed by atoms with E-state index in [1.165, 1.54) is 40.2 Å². The van der Waals surface area contributed by atoms with Crippen molar-refractivity contribution in [3.63, 3.8) is 0 Å². The number of nitrogens with two attached hydrogens (primary N) is 1. The molecule has 1 fully saturated rings. The van der Waals surface area contributed by atoms with Gasteiger partial charge in [-0.2, -0.15) is 4.73 Å². The van der Waals surface area contributed by atoms with Gasteiger partial charge in [-0.3, -0.25) is 19.3 Å². The van der Waals surface area contributed by atoms with Crippen molar-refractivity contribution in [2.45, 2.75) is 22.4 Å². The molecular formula is C21H17N7O8S4. The Labute approximate surface area is 239 Å². The normalized spacial score (nSPS) is 18.8. The number of fused-ring (bicyclic) bond motifs is 1. The van der Waals surface area contributed by atoms with Crippen molar-refractivity contribution < 1.29 is 34.6 Å². The summed E-state index contributed by atoms with van der Waals surface area (Å²) in [6, 6.07) is -0.138. The van der Waals surface area contributed by atoms with Gasteiger partial charge in [0.2, 0.25) is 5.43 Å². The van der Waals surface area contributed by atoms with Crippen LogP contribution in [0.1, 0.15) is 11.4 Å². The number of aliphatic carboxylic acids is 1. The minimum Gasteiger partial charge on any atom is -0.503 e. The maximum Gasteiger partial charge on any atom is 0.353 e. The number of nitrogens with one attached hydrogen (secondary N) is 1. The van der Waals surface area contributed by atoms with E-state index in [1.54, 1.807) is 11.6 Å². The van der Waals surface area contributed by atoms with Gasteiger partial charge in [-0.25, -0.2) is 14.8 Å². The second-order valence-corrected chi connectivity index (χ2v) is 12.2. The quantitative estimate of drug-likeness (QED) is 0.0959. The lowest BCUT2D eigenvalue weighted by Gasteiger charge is -2.49. The molecule has 6 N–H and O–H groups in total. The molecule has 2 aliphatic heterocycles. The summed E-state index contributed by atoms with van der Waals surface area (Å²) in [5.41, 5.74) is 4.39. The van der Waals surface area contributed by atoms with Crippen LogP contribution in [-0.2, 0) is 25.8 Å². The van der Waals surface area contributed by atoms with Crippen LogP contribution < -0.4 is 16.5 Å². The first-order chi connectivity index (χ1) is 19.1. The van der Waals surface area contributed by atoms with Crippen LogP contribution in [0.3, 0.4) is 0 Å². The molecule has 5 heterocycles. The summed E-state index contributed by atoms with van der Waals surface area (Å²) in [6.07, 6.45) is 2.37. The fourth-order valence-electron chi connectivity index (χ4n) is 3.67. The number of nitrogens with zero attached hydrogens (tertiary/aromatic N) is 5.